The molecular weight excluding hydrogens is 244 g/mol. The van der Waals surface area contributed by atoms with E-state index in [-0.39, 0.29) is 5.54 Å². The second kappa shape index (κ2) is 5.12. The van der Waals surface area contributed by atoms with Crippen molar-refractivity contribution in [2.24, 2.45) is 0 Å². The molecule has 18 heavy (non-hydrogen) atoms. The molecule has 2 aromatic rings. The Hall–Kier alpha value is -1.33. The molecule has 0 radical (unpaired) electrons. The predicted molar refractivity (Wildman–Crippen MR) is 74.5 cm³/mol. The van der Waals surface area contributed by atoms with Gasteiger partial charge in [-0.05, 0) is 39.8 Å². The molecule has 5 heteroatoms. The minimum absolute atomic E-state index is 0.0963. The SMILES string of the molecule is Cc1cc(-c2nnc(CNC(C)(C)C)s2)ccn1. The summed E-state index contributed by atoms with van der Waals surface area (Å²) in [6.45, 7) is 9.15. The van der Waals surface area contributed by atoms with Gasteiger partial charge in [0.2, 0.25) is 0 Å². The Morgan fingerprint density at radius 3 is 2.72 bits per heavy atom. The average molecular weight is 262 g/mol. The normalized spacial score (nSPS) is 11.8. The third kappa shape index (κ3) is 3.58. The molecule has 0 atom stereocenters. The molecule has 0 unspecified atom stereocenters. The Bertz CT molecular complexity index is 528. The minimum atomic E-state index is 0.0963. The van der Waals surface area contributed by atoms with Crippen LogP contribution in [0.2, 0.25) is 0 Å². The summed E-state index contributed by atoms with van der Waals surface area (Å²) >= 11 is 1.62. The van der Waals surface area contributed by atoms with E-state index in [4.69, 9.17) is 0 Å². The Morgan fingerprint density at radius 1 is 1.28 bits per heavy atom. The van der Waals surface area contributed by atoms with Crippen LogP contribution in [0, 0.1) is 6.92 Å². The second-order valence-corrected chi connectivity index (χ2v) is 6.35. The number of nitrogens with zero attached hydrogens (tertiary/aromatic N) is 3. The maximum Gasteiger partial charge on any atom is 0.147 e. The number of aromatic nitrogens is 3. The highest BCUT2D eigenvalue weighted by Gasteiger charge is 2.11. The van der Waals surface area contributed by atoms with Crippen molar-refractivity contribution in [1.82, 2.24) is 20.5 Å². The lowest BCUT2D eigenvalue weighted by molar-refractivity contribution is 0.423. The largest absolute Gasteiger partial charge is 0.306 e. The van der Waals surface area contributed by atoms with Crippen molar-refractivity contribution in [2.45, 2.75) is 39.8 Å². The zero-order valence-electron chi connectivity index (χ0n) is 11.2. The van der Waals surface area contributed by atoms with Gasteiger partial charge in [0.05, 0.1) is 6.54 Å². The molecule has 0 aliphatic carbocycles. The van der Waals surface area contributed by atoms with Crippen molar-refractivity contribution >= 4 is 11.3 Å². The number of rotatable bonds is 3. The smallest absolute Gasteiger partial charge is 0.147 e. The lowest BCUT2D eigenvalue weighted by Crippen LogP contribution is -2.35. The van der Waals surface area contributed by atoms with Crippen LogP contribution in [0.4, 0.5) is 0 Å². The number of hydrogen-bond acceptors (Lipinski definition) is 5. The number of hydrogen-bond donors (Lipinski definition) is 1. The number of aryl methyl sites for hydroxylation is 1. The zero-order chi connectivity index (χ0) is 13.2. The monoisotopic (exact) mass is 262 g/mol. The second-order valence-electron chi connectivity index (χ2n) is 5.29. The van der Waals surface area contributed by atoms with E-state index in [1.54, 1.807) is 17.5 Å². The highest BCUT2D eigenvalue weighted by atomic mass is 32.1. The van der Waals surface area contributed by atoms with Crippen molar-refractivity contribution in [2.75, 3.05) is 0 Å². The molecule has 1 N–H and O–H groups in total. The first kappa shape index (κ1) is 13.1. The fourth-order valence-electron chi connectivity index (χ4n) is 1.46. The highest BCUT2D eigenvalue weighted by molar-refractivity contribution is 7.14. The fraction of sp³-hybridized carbons (Fsp3) is 0.462. The van der Waals surface area contributed by atoms with Crippen molar-refractivity contribution in [3.05, 3.63) is 29.0 Å². The van der Waals surface area contributed by atoms with E-state index in [2.05, 4.69) is 41.3 Å². The van der Waals surface area contributed by atoms with Gasteiger partial charge in [-0.1, -0.05) is 11.3 Å². The molecule has 2 heterocycles. The van der Waals surface area contributed by atoms with Crippen LogP contribution >= 0.6 is 11.3 Å². The Labute approximate surface area is 111 Å². The minimum Gasteiger partial charge on any atom is -0.306 e. The number of nitrogens with one attached hydrogen (secondary N) is 1. The van der Waals surface area contributed by atoms with Crippen LogP contribution in [0.15, 0.2) is 18.3 Å². The first-order chi connectivity index (χ1) is 8.44. The standard InChI is InChI=1S/C13H18N4S/c1-9-7-10(5-6-14-9)12-17-16-11(18-12)8-15-13(2,3)4/h5-7,15H,8H2,1-4H3. The van der Waals surface area contributed by atoms with E-state index in [0.717, 1.165) is 27.8 Å². The van der Waals surface area contributed by atoms with E-state index in [1.807, 2.05) is 19.1 Å². The summed E-state index contributed by atoms with van der Waals surface area (Å²) in [6, 6.07) is 4.00. The van der Waals surface area contributed by atoms with Crippen LogP contribution in [0.5, 0.6) is 0 Å². The van der Waals surface area contributed by atoms with E-state index in [9.17, 15) is 0 Å². The molecule has 0 saturated carbocycles. The van der Waals surface area contributed by atoms with Gasteiger partial charge in [0.1, 0.15) is 10.0 Å². The fourth-order valence-corrected chi connectivity index (χ4v) is 2.24. The van der Waals surface area contributed by atoms with E-state index < -0.39 is 0 Å². The molecule has 96 valence electrons. The van der Waals surface area contributed by atoms with Crippen LogP contribution in [0.3, 0.4) is 0 Å². The van der Waals surface area contributed by atoms with Gasteiger partial charge in [-0.15, -0.1) is 10.2 Å². The quantitative estimate of drug-likeness (QED) is 0.924. The lowest BCUT2D eigenvalue weighted by Gasteiger charge is -2.19. The average Bonchev–Trinajstić information content (AvgIpc) is 2.74. The van der Waals surface area contributed by atoms with Crippen molar-refractivity contribution < 1.29 is 0 Å². The molecule has 2 aromatic heterocycles. The van der Waals surface area contributed by atoms with Crippen molar-refractivity contribution in [3.63, 3.8) is 0 Å². The van der Waals surface area contributed by atoms with Gasteiger partial charge >= 0.3 is 0 Å². The van der Waals surface area contributed by atoms with E-state index in [0.29, 0.717) is 0 Å². The third-order valence-electron chi connectivity index (χ3n) is 2.38. The first-order valence-electron chi connectivity index (χ1n) is 5.94. The van der Waals surface area contributed by atoms with Crippen LogP contribution in [0.1, 0.15) is 31.5 Å². The van der Waals surface area contributed by atoms with Crippen LogP contribution in [-0.2, 0) is 6.54 Å². The number of pyridine rings is 1. The molecule has 0 fully saturated rings. The molecule has 0 aliphatic rings. The Balaban J connectivity index is 2.11. The summed E-state index contributed by atoms with van der Waals surface area (Å²) < 4.78 is 0. The van der Waals surface area contributed by atoms with Gasteiger partial charge in [0.15, 0.2) is 0 Å². The summed E-state index contributed by atoms with van der Waals surface area (Å²) in [5.41, 5.74) is 2.18. The van der Waals surface area contributed by atoms with Gasteiger partial charge < -0.3 is 5.32 Å². The molecule has 0 amide bonds. The predicted octanol–water partition coefficient (Wildman–Crippen LogP) is 2.80. The van der Waals surface area contributed by atoms with Crippen LogP contribution in [0.25, 0.3) is 10.6 Å². The molecule has 4 nitrogen and oxygen atoms in total. The maximum atomic E-state index is 4.23. The lowest BCUT2D eigenvalue weighted by atomic mass is 10.1. The molecular formula is C13H18N4S. The van der Waals surface area contributed by atoms with Crippen molar-refractivity contribution in [1.29, 1.82) is 0 Å². The summed E-state index contributed by atoms with van der Waals surface area (Å²) in [7, 11) is 0. The van der Waals surface area contributed by atoms with Crippen molar-refractivity contribution in [3.8, 4) is 10.6 Å². The molecule has 0 aliphatic heterocycles. The van der Waals surface area contributed by atoms with E-state index in [1.165, 1.54) is 0 Å². The van der Waals surface area contributed by atoms with Crippen LogP contribution < -0.4 is 5.32 Å². The van der Waals surface area contributed by atoms with Gasteiger partial charge in [0, 0.05) is 23.0 Å². The molecule has 2 rings (SSSR count). The van der Waals surface area contributed by atoms with E-state index >= 15 is 0 Å². The van der Waals surface area contributed by atoms with Gasteiger partial charge in [-0.3, -0.25) is 4.98 Å². The third-order valence-corrected chi connectivity index (χ3v) is 3.35. The molecule has 0 spiro atoms. The summed E-state index contributed by atoms with van der Waals surface area (Å²) in [5, 5.41) is 13.8. The molecule has 0 bridgehead atoms. The first-order valence-corrected chi connectivity index (χ1v) is 6.76. The molecule has 0 saturated heterocycles. The Morgan fingerprint density at radius 2 is 2.06 bits per heavy atom. The zero-order valence-corrected chi connectivity index (χ0v) is 12.0. The van der Waals surface area contributed by atoms with Gasteiger partial charge in [-0.2, -0.15) is 0 Å². The van der Waals surface area contributed by atoms with Crippen LogP contribution in [-0.4, -0.2) is 20.7 Å². The molecule has 0 aromatic carbocycles. The summed E-state index contributed by atoms with van der Waals surface area (Å²) in [4.78, 5) is 4.18. The van der Waals surface area contributed by atoms with Gasteiger partial charge in [-0.25, -0.2) is 0 Å². The topological polar surface area (TPSA) is 50.7 Å². The summed E-state index contributed by atoms with van der Waals surface area (Å²) in [6.07, 6.45) is 1.80. The Kier molecular flexibility index (Phi) is 3.73. The summed E-state index contributed by atoms with van der Waals surface area (Å²) in [5.74, 6) is 0. The van der Waals surface area contributed by atoms with Gasteiger partial charge in [0.25, 0.3) is 0 Å². The maximum absolute atomic E-state index is 4.23. The highest BCUT2D eigenvalue weighted by Crippen LogP contribution is 2.23.